The summed E-state index contributed by atoms with van der Waals surface area (Å²) in [5.41, 5.74) is 0.981. The molecule has 0 saturated carbocycles. The van der Waals surface area contributed by atoms with E-state index < -0.39 is 5.91 Å². The predicted molar refractivity (Wildman–Crippen MR) is 114 cm³/mol. The lowest BCUT2D eigenvalue weighted by Crippen LogP contribution is -2.20. The minimum atomic E-state index is -0.615. The summed E-state index contributed by atoms with van der Waals surface area (Å²) in [4.78, 5) is 29.8. The number of benzene rings is 2. The van der Waals surface area contributed by atoms with E-state index in [1.54, 1.807) is 30.3 Å². The Balaban J connectivity index is 1.81. The molecule has 0 fully saturated rings. The van der Waals surface area contributed by atoms with Gasteiger partial charge in [-0.2, -0.15) is 4.99 Å². The van der Waals surface area contributed by atoms with E-state index in [1.165, 1.54) is 17.4 Å². The van der Waals surface area contributed by atoms with Gasteiger partial charge in [-0.3, -0.25) is 9.59 Å². The van der Waals surface area contributed by atoms with Gasteiger partial charge in [-0.05, 0) is 37.3 Å². The number of amides is 1. The zero-order valence-electron chi connectivity index (χ0n) is 15.6. The van der Waals surface area contributed by atoms with Crippen molar-refractivity contribution in [1.82, 2.24) is 4.57 Å². The van der Waals surface area contributed by atoms with E-state index in [4.69, 9.17) is 20.8 Å². The van der Waals surface area contributed by atoms with E-state index in [-0.39, 0.29) is 11.2 Å². The number of halogens is 1. The van der Waals surface area contributed by atoms with Crippen molar-refractivity contribution in [2.75, 3.05) is 13.2 Å². The van der Waals surface area contributed by atoms with Crippen LogP contribution in [0.4, 0.5) is 0 Å². The van der Waals surface area contributed by atoms with Crippen molar-refractivity contribution in [3.8, 4) is 0 Å². The Hall–Kier alpha value is -2.74. The van der Waals surface area contributed by atoms with Crippen molar-refractivity contribution in [3.05, 3.63) is 74.3 Å². The summed E-state index contributed by atoms with van der Waals surface area (Å²) >= 11 is 7.45. The number of ether oxygens (including phenoxy) is 1. The van der Waals surface area contributed by atoms with Crippen molar-refractivity contribution in [2.24, 2.45) is 4.99 Å². The van der Waals surface area contributed by atoms with Crippen LogP contribution in [-0.4, -0.2) is 23.7 Å². The molecule has 0 unspecified atom stereocenters. The minimum absolute atomic E-state index is 0.0967. The third-order valence-corrected chi connectivity index (χ3v) is 5.63. The van der Waals surface area contributed by atoms with Gasteiger partial charge in [-0.25, -0.2) is 0 Å². The van der Waals surface area contributed by atoms with Crippen LogP contribution in [0.1, 0.15) is 17.5 Å². The number of thiazole rings is 1. The average Bonchev–Trinajstić information content (AvgIpc) is 3.04. The highest BCUT2D eigenvalue weighted by atomic mass is 35.5. The molecule has 0 aliphatic carbocycles. The summed E-state index contributed by atoms with van der Waals surface area (Å²) < 4.78 is 13.9. The molecule has 0 spiro atoms. The number of para-hydroxylation sites is 1. The fourth-order valence-corrected chi connectivity index (χ4v) is 4.33. The highest BCUT2D eigenvalue weighted by Gasteiger charge is 2.14. The molecule has 2 heterocycles. The largest absolute Gasteiger partial charge is 0.451 e. The van der Waals surface area contributed by atoms with Crippen molar-refractivity contribution in [3.63, 3.8) is 0 Å². The Bertz CT molecular complexity index is 1340. The van der Waals surface area contributed by atoms with E-state index in [2.05, 4.69) is 4.99 Å². The molecule has 0 atom stereocenters. The summed E-state index contributed by atoms with van der Waals surface area (Å²) in [7, 11) is 0. The Morgan fingerprint density at radius 2 is 2.07 bits per heavy atom. The summed E-state index contributed by atoms with van der Waals surface area (Å²) in [6, 6.07) is 13.5. The van der Waals surface area contributed by atoms with Crippen molar-refractivity contribution < 1.29 is 13.9 Å². The van der Waals surface area contributed by atoms with E-state index >= 15 is 0 Å². The van der Waals surface area contributed by atoms with Crippen LogP contribution < -0.4 is 10.2 Å². The average molecular weight is 429 g/mol. The number of hydrogen-bond donors (Lipinski definition) is 0. The molecule has 0 aliphatic rings. The van der Waals surface area contributed by atoms with Crippen molar-refractivity contribution >= 4 is 50.0 Å². The van der Waals surface area contributed by atoms with Crippen LogP contribution in [0.25, 0.3) is 21.2 Å². The molecule has 0 N–H and O–H groups in total. The first-order chi connectivity index (χ1) is 14.1. The molecule has 0 aliphatic heterocycles. The zero-order valence-corrected chi connectivity index (χ0v) is 17.1. The van der Waals surface area contributed by atoms with Gasteiger partial charge in [-0.1, -0.05) is 35.1 Å². The fraction of sp³-hybridized carbons (Fsp3) is 0.190. The molecule has 0 saturated heterocycles. The number of hydrogen-bond acceptors (Lipinski definition) is 5. The molecule has 2 aromatic heterocycles. The van der Waals surface area contributed by atoms with Crippen LogP contribution in [0, 0.1) is 0 Å². The van der Waals surface area contributed by atoms with Gasteiger partial charge in [0.1, 0.15) is 5.58 Å². The third-order valence-electron chi connectivity index (χ3n) is 4.35. The Kier molecular flexibility index (Phi) is 5.62. The number of fused-ring (bicyclic) bond motifs is 2. The van der Waals surface area contributed by atoms with Crippen LogP contribution in [-0.2, 0) is 11.3 Å². The summed E-state index contributed by atoms with van der Waals surface area (Å²) in [5.74, 6) is -0.712. The molecular weight excluding hydrogens is 412 g/mol. The maximum atomic E-state index is 12.8. The maximum absolute atomic E-state index is 12.8. The Morgan fingerprint density at radius 3 is 2.90 bits per heavy atom. The zero-order chi connectivity index (χ0) is 20.4. The third kappa shape index (κ3) is 4.03. The molecule has 0 radical (unpaired) electrons. The van der Waals surface area contributed by atoms with E-state index in [9.17, 15) is 9.59 Å². The second-order valence-corrected chi connectivity index (χ2v) is 7.68. The van der Waals surface area contributed by atoms with Gasteiger partial charge in [0.2, 0.25) is 0 Å². The molecule has 4 rings (SSSR count). The molecule has 29 heavy (non-hydrogen) atoms. The van der Waals surface area contributed by atoms with Gasteiger partial charge in [0, 0.05) is 24.2 Å². The van der Waals surface area contributed by atoms with Gasteiger partial charge in [0.05, 0.1) is 22.2 Å². The van der Waals surface area contributed by atoms with Gasteiger partial charge in [-0.15, -0.1) is 0 Å². The lowest BCUT2D eigenvalue weighted by atomic mass is 10.2. The van der Waals surface area contributed by atoms with Gasteiger partial charge in [0.25, 0.3) is 0 Å². The van der Waals surface area contributed by atoms with Crippen LogP contribution in [0.2, 0.25) is 5.02 Å². The molecule has 148 valence electrons. The molecule has 4 aromatic rings. The number of carbonyl (C=O) groups excluding carboxylic acids is 1. The summed E-state index contributed by atoms with van der Waals surface area (Å²) in [5, 5.41) is 1.03. The number of rotatable bonds is 5. The van der Waals surface area contributed by atoms with Crippen LogP contribution in [0.5, 0.6) is 0 Å². The van der Waals surface area contributed by atoms with Gasteiger partial charge in [0.15, 0.2) is 16.0 Å². The number of aromatic nitrogens is 1. The standard InChI is InChI=1S/C21H17ClN2O4S/c1-2-27-10-9-24-15-8-7-13(22)11-19(15)29-21(24)23-20(26)18-12-16(25)14-5-3-4-6-17(14)28-18/h3-8,11-12H,2,9-10H2,1H3. The maximum Gasteiger partial charge on any atom is 0.315 e. The second kappa shape index (κ2) is 8.32. The SMILES string of the molecule is CCOCCn1c(=NC(=O)c2cc(=O)c3ccccc3o2)sc2cc(Cl)ccc21. The molecular formula is C21H17ClN2O4S. The van der Waals surface area contributed by atoms with Crippen molar-refractivity contribution in [1.29, 1.82) is 0 Å². The highest BCUT2D eigenvalue weighted by molar-refractivity contribution is 7.16. The number of carbonyl (C=O) groups is 1. The van der Waals surface area contributed by atoms with Gasteiger partial charge < -0.3 is 13.7 Å². The summed E-state index contributed by atoms with van der Waals surface area (Å²) in [6.45, 7) is 3.54. The first-order valence-corrected chi connectivity index (χ1v) is 10.2. The lowest BCUT2D eigenvalue weighted by Gasteiger charge is -2.05. The number of nitrogens with zero attached hydrogens (tertiary/aromatic N) is 2. The molecule has 8 heteroatoms. The van der Waals surface area contributed by atoms with Gasteiger partial charge >= 0.3 is 5.91 Å². The molecule has 0 bridgehead atoms. The topological polar surface area (TPSA) is 73.8 Å². The second-order valence-electron chi connectivity index (χ2n) is 6.23. The van der Waals surface area contributed by atoms with E-state index in [0.29, 0.717) is 40.6 Å². The van der Waals surface area contributed by atoms with Crippen LogP contribution in [0.15, 0.2) is 62.7 Å². The quantitative estimate of drug-likeness (QED) is 0.445. The van der Waals surface area contributed by atoms with E-state index in [0.717, 1.165) is 10.2 Å². The van der Waals surface area contributed by atoms with E-state index in [1.807, 2.05) is 23.6 Å². The Labute approximate surface area is 174 Å². The minimum Gasteiger partial charge on any atom is -0.451 e. The molecule has 1 amide bonds. The smallest absolute Gasteiger partial charge is 0.315 e. The molecule has 6 nitrogen and oxygen atoms in total. The van der Waals surface area contributed by atoms with Crippen molar-refractivity contribution in [2.45, 2.75) is 13.5 Å². The predicted octanol–water partition coefficient (Wildman–Crippen LogP) is 4.24. The normalized spacial score (nSPS) is 12.1. The fourth-order valence-electron chi connectivity index (χ4n) is 3.00. The van der Waals surface area contributed by atoms with Crippen LogP contribution in [0.3, 0.4) is 0 Å². The lowest BCUT2D eigenvalue weighted by molar-refractivity contribution is 0.0971. The first kappa shape index (κ1) is 19.6. The highest BCUT2D eigenvalue weighted by Crippen LogP contribution is 2.22. The Morgan fingerprint density at radius 1 is 1.24 bits per heavy atom. The monoisotopic (exact) mass is 428 g/mol. The first-order valence-electron chi connectivity index (χ1n) is 9.05. The van der Waals surface area contributed by atoms with Crippen LogP contribution >= 0.6 is 22.9 Å². The summed E-state index contributed by atoms with van der Waals surface area (Å²) in [6.07, 6.45) is 0. The molecule has 2 aromatic carbocycles.